The Balaban J connectivity index is 1.62. The first kappa shape index (κ1) is 26.2. The summed E-state index contributed by atoms with van der Waals surface area (Å²) in [6.45, 7) is 6.60. The average Bonchev–Trinajstić information content (AvgIpc) is 2.87. The van der Waals surface area contributed by atoms with Gasteiger partial charge in [0.25, 0.3) is 5.56 Å². The van der Waals surface area contributed by atoms with E-state index in [1.54, 1.807) is 13.0 Å². The molecular formula is C27H29F3N6O. The molecule has 0 radical (unpaired) electrons. The van der Waals surface area contributed by atoms with Crippen LogP contribution >= 0.6 is 0 Å². The van der Waals surface area contributed by atoms with Gasteiger partial charge < -0.3 is 16.0 Å². The van der Waals surface area contributed by atoms with Gasteiger partial charge in [-0.1, -0.05) is 24.8 Å². The second-order valence-electron chi connectivity index (χ2n) is 8.74. The first-order valence-electron chi connectivity index (χ1n) is 12.0. The smallest absolute Gasteiger partial charge is 0.382 e. The quantitative estimate of drug-likeness (QED) is 0.356. The van der Waals surface area contributed by atoms with Crippen molar-refractivity contribution >= 4 is 28.4 Å². The minimum absolute atomic E-state index is 0.0930. The third-order valence-corrected chi connectivity index (χ3v) is 6.13. The summed E-state index contributed by atoms with van der Waals surface area (Å²) in [5.74, 6) is 0.224. The molecule has 1 fully saturated rings. The molecule has 0 saturated carbocycles. The number of halogens is 3. The van der Waals surface area contributed by atoms with Gasteiger partial charge >= 0.3 is 6.18 Å². The van der Waals surface area contributed by atoms with Gasteiger partial charge in [0.05, 0.1) is 12.1 Å². The monoisotopic (exact) mass is 510 g/mol. The fourth-order valence-electron chi connectivity index (χ4n) is 4.29. The maximum atomic E-state index is 13.6. The predicted octanol–water partition coefficient (Wildman–Crippen LogP) is 5.32. The minimum atomic E-state index is -4.61. The maximum Gasteiger partial charge on any atom is 0.416 e. The van der Waals surface area contributed by atoms with Crippen LogP contribution in [-0.2, 0) is 6.54 Å². The molecule has 3 heterocycles. The van der Waals surface area contributed by atoms with E-state index in [4.69, 9.17) is 0 Å². The highest BCUT2D eigenvalue weighted by atomic mass is 19.4. The summed E-state index contributed by atoms with van der Waals surface area (Å²) >= 11 is 0. The van der Waals surface area contributed by atoms with Crippen LogP contribution in [0.2, 0.25) is 0 Å². The number of allylic oxidation sites excluding steroid dienone is 5. The number of nitrogens with one attached hydrogen (secondary N) is 3. The highest BCUT2D eigenvalue weighted by molar-refractivity contribution is 5.76. The van der Waals surface area contributed by atoms with Crippen LogP contribution in [0.25, 0.3) is 11.0 Å². The number of alkyl halides is 3. The van der Waals surface area contributed by atoms with Crippen molar-refractivity contribution in [1.82, 2.24) is 19.9 Å². The van der Waals surface area contributed by atoms with Crippen molar-refractivity contribution in [3.63, 3.8) is 0 Å². The molecule has 0 bridgehead atoms. The first-order chi connectivity index (χ1) is 17.8. The van der Waals surface area contributed by atoms with Crippen molar-refractivity contribution in [2.75, 3.05) is 23.7 Å². The first-order valence-corrected chi connectivity index (χ1v) is 12.0. The van der Waals surface area contributed by atoms with E-state index in [0.717, 1.165) is 43.4 Å². The van der Waals surface area contributed by atoms with E-state index in [1.165, 1.54) is 29.0 Å². The number of fused-ring (bicyclic) bond motifs is 1. The molecule has 10 heteroatoms. The van der Waals surface area contributed by atoms with Gasteiger partial charge in [-0.3, -0.25) is 9.36 Å². The van der Waals surface area contributed by atoms with Gasteiger partial charge in [0.1, 0.15) is 5.65 Å². The average molecular weight is 511 g/mol. The Morgan fingerprint density at radius 1 is 1.16 bits per heavy atom. The van der Waals surface area contributed by atoms with Crippen LogP contribution in [0, 0.1) is 0 Å². The van der Waals surface area contributed by atoms with Crippen LogP contribution in [-0.4, -0.2) is 39.8 Å². The second-order valence-corrected chi connectivity index (χ2v) is 8.74. The minimum Gasteiger partial charge on any atom is -0.382 e. The normalized spacial score (nSPS) is 15.6. The molecule has 1 aliphatic heterocycles. The van der Waals surface area contributed by atoms with Gasteiger partial charge in [0.2, 0.25) is 5.95 Å². The summed E-state index contributed by atoms with van der Waals surface area (Å²) in [4.78, 5) is 21.5. The molecule has 194 valence electrons. The Hall–Kier alpha value is -3.92. The Labute approximate surface area is 212 Å². The lowest BCUT2D eigenvalue weighted by Gasteiger charge is -2.24. The van der Waals surface area contributed by atoms with Crippen molar-refractivity contribution in [2.24, 2.45) is 0 Å². The fourth-order valence-corrected chi connectivity index (χ4v) is 4.29. The summed E-state index contributed by atoms with van der Waals surface area (Å²) in [5, 5.41) is 10.5. The van der Waals surface area contributed by atoms with Crippen LogP contribution in [0.15, 0.2) is 83.3 Å². The van der Waals surface area contributed by atoms with Gasteiger partial charge in [0.15, 0.2) is 0 Å². The zero-order valence-electron chi connectivity index (χ0n) is 20.5. The number of benzene rings is 1. The maximum absolute atomic E-state index is 13.6. The largest absolute Gasteiger partial charge is 0.416 e. The number of pyridine rings is 1. The van der Waals surface area contributed by atoms with Gasteiger partial charge in [-0.25, -0.2) is 4.98 Å². The second kappa shape index (κ2) is 11.4. The van der Waals surface area contributed by atoms with E-state index in [9.17, 15) is 18.0 Å². The zero-order chi connectivity index (χ0) is 26.4. The highest BCUT2D eigenvalue weighted by Crippen LogP contribution is 2.30. The summed E-state index contributed by atoms with van der Waals surface area (Å²) in [5.41, 5.74) is 0.502. The lowest BCUT2D eigenvalue weighted by Crippen LogP contribution is -2.35. The van der Waals surface area contributed by atoms with Crippen LogP contribution in [0.5, 0.6) is 0 Å². The zero-order valence-corrected chi connectivity index (χ0v) is 20.5. The van der Waals surface area contributed by atoms with Crippen LogP contribution < -0.4 is 21.5 Å². The molecule has 1 aliphatic rings. The van der Waals surface area contributed by atoms with Crippen molar-refractivity contribution in [3.05, 3.63) is 88.9 Å². The van der Waals surface area contributed by atoms with Gasteiger partial charge in [-0.05, 0) is 68.8 Å². The summed E-state index contributed by atoms with van der Waals surface area (Å²) in [7, 11) is 0. The lowest BCUT2D eigenvalue weighted by atomic mass is 10.1. The SMILES string of the molecule is C=C/C(=C(\C=C/C)Cn1c(=O)ccc2cnc(Nc3ccc(NC4CCNCC4)cc3)nc21)C(F)(F)F. The lowest BCUT2D eigenvalue weighted by molar-refractivity contribution is -0.0889. The van der Waals surface area contributed by atoms with Crippen LogP contribution in [0.3, 0.4) is 0 Å². The van der Waals surface area contributed by atoms with Crippen molar-refractivity contribution in [3.8, 4) is 0 Å². The molecule has 0 aliphatic carbocycles. The topological polar surface area (TPSA) is 83.9 Å². The van der Waals surface area contributed by atoms with Crippen LogP contribution in [0.4, 0.5) is 30.5 Å². The molecule has 4 rings (SSSR count). The third kappa shape index (κ3) is 6.45. The van der Waals surface area contributed by atoms with Crippen molar-refractivity contribution in [1.29, 1.82) is 0 Å². The molecule has 0 atom stereocenters. The molecule has 2 aromatic heterocycles. The van der Waals surface area contributed by atoms with Gasteiger partial charge in [-0.2, -0.15) is 18.2 Å². The third-order valence-electron chi connectivity index (χ3n) is 6.13. The Morgan fingerprint density at radius 2 is 1.86 bits per heavy atom. The van der Waals surface area contributed by atoms with E-state index < -0.39 is 17.3 Å². The Bertz CT molecular complexity index is 1370. The van der Waals surface area contributed by atoms with E-state index in [-0.39, 0.29) is 23.7 Å². The van der Waals surface area contributed by atoms with E-state index in [1.807, 2.05) is 24.3 Å². The summed E-state index contributed by atoms with van der Waals surface area (Å²) in [6.07, 6.45) is 2.63. The standard InChI is InChI=1S/C27H29F3N6O/c1-3-5-19(23(4-2)27(28,29)30)17-36-24(37)11-6-18-16-32-26(35-25(18)36)34-21-9-7-20(8-10-21)33-22-12-14-31-15-13-22/h3-11,16,22,31,33H,2,12-15,17H2,1H3,(H,32,34,35)/b5-3-,23-19-. The number of hydrogen-bond acceptors (Lipinski definition) is 6. The summed E-state index contributed by atoms with van der Waals surface area (Å²) < 4.78 is 42.0. The number of piperidine rings is 1. The van der Waals surface area contributed by atoms with Crippen LogP contribution in [0.1, 0.15) is 19.8 Å². The van der Waals surface area contributed by atoms with Gasteiger partial charge in [0, 0.05) is 35.1 Å². The van der Waals surface area contributed by atoms with Crippen molar-refractivity contribution < 1.29 is 13.2 Å². The fraction of sp³-hybridized carbons (Fsp3) is 0.296. The molecule has 3 N–H and O–H groups in total. The molecule has 0 amide bonds. The number of anilines is 3. The highest BCUT2D eigenvalue weighted by Gasteiger charge is 2.33. The van der Waals surface area contributed by atoms with Gasteiger partial charge in [-0.15, -0.1) is 0 Å². The molecule has 7 nitrogen and oxygen atoms in total. The Kier molecular flexibility index (Phi) is 8.08. The molecule has 3 aromatic rings. The number of hydrogen-bond donors (Lipinski definition) is 3. The van der Waals surface area contributed by atoms with E-state index in [0.29, 0.717) is 11.4 Å². The number of nitrogens with zero attached hydrogens (tertiary/aromatic N) is 3. The number of aromatic nitrogens is 3. The van der Waals surface area contributed by atoms with Crippen molar-refractivity contribution in [2.45, 2.75) is 38.5 Å². The molecule has 37 heavy (non-hydrogen) atoms. The molecular weight excluding hydrogens is 481 g/mol. The molecule has 0 spiro atoms. The molecule has 0 unspecified atom stereocenters. The van der Waals surface area contributed by atoms with E-state index in [2.05, 4.69) is 32.5 Å². The molecule has 1 saturated heterocycles. The Morgan fingerprint density at radius 3 is 2.51 bits per heavy atom. The van der Waals surface area contributed by atoms with E-state index >= 15 is 0 Å². The summed E-state index contributed by atoms with van der Waals surface area (Å²) in [6, 6.07) is 11.0. The molecule has 1 aromatic carbocycles. The predicted molar refractivity (Wildman–Crippen MR) is 141 cm³/mol. The number of rotatable bonds is 8.